The molecule has 0 aliphatic carbocycles. The molecule has 4 rings (SSSR count). The molecule has 1 unspecified atom stereocenters. The van der Waals surface area contributed by atoms with Crippen LogP contribution in [0, 0.1) is 6.92 Å². The van der Waals surface area contributed by atoms with E-state index in [4.69, 9.17) is 14.2 Å². The smallest absolute Gasteiger partial charge is 0.234 e. The van der Waals surface area contributed by atoms with Crippen molar-refractivity contribution < 1.29 is 19.0 Å². The number of fused-ring (bicyclic) bond motifs is 1. The quantitative estimate of drug-likeness (QED) is 0.814. The van der Waals surface area contributed by atoms with E-state index in [2.05, 4.69) is 23.2 Å². The molecule has 0 bridgehead atoms. The highest BCUT2D eigenvalue weighted by Gasteiger charge is 2.24. The monoisotopic (exact) mass is 396 g/mol. The first kappa shape index (κ1) is 19.6. The van der Waals surface area contributed by atoms with Gasteiger partial charge in [-0.25, -0.2) is 0 Å². The van der Waals surface area contributed by atoms with Crippen molar-refractivity contribution in [1.29, 1.82) is 0 Å². The van der Waals surface area contributed by atoms with Gasteiger partial charge in [0.1, 0.15) is 24.6 Å². The summed E-state index contributed by atoms with van der Waals surface area (Å²) in [7, 11) is 0. The first-order chi connectivity index (χ1) is 14.2. The number of para-hydroxylation sites is 3. The van der Waals surface area contributed by atoms with Gasteiger partial charge in [-0.1, -0.05) is 30.3 Å². The van der Waals surface area contributed by atoms with Gasteiger partial charge in [-0.05, 0) is 43.5 Å². The van der Waals surface area contributed by atoms with Crippen LogP contribution >= 0.6 is 0 Å². The highest BCUT2D eigenvalue weighted by molar-refractivity contribution is 5.78. The molecular formula is C23H28N2O4. The molecule has 2 aliphatic heterocycles. The number of ether oxygens (including phenoxy) is 3. The van der Waals surface area contributed by atoms with Crippen molar-refractivity contribution in [2.24, 2.45) is 0 Å². The Bertz CT molecular complexity index is 833. The fraction of sp³-hybridized carbons (Fsp3) is 0.435. The van der Waals surface area contributed by atoms with E-state index in [0.717, 1.165) is 48.7 Å². The zero-order chi connectivity index (χ0) is 20.1. The normalized spacial score (nSPS) is 19.6. The van der Waals surface area contributed by atoms with Gasteiger partial charge in [-0.2, -0.15) is 0 Å². The van der Waals surface area contributed by atoms with Gasteiger partial charge in [0.2, 0.25) is 5.91 Å². The Hall–Kier alpha value is -2.73. The molecule has 1 atom stereocenters. The Morgan fingerprint density at radius 3 is 2.62 bits per heavy atom. The highest BCUT2D eigenvalue weighted by Crippen LogP contribution is 2.30. The first-order valence-corrected chi connectivity index (χ1v) is 10.3. The minimum atomic E-state index is -0.165. The number of amides is 1. The summed E-state index contributed by atoms with van der Waals surface area (Å²) in [4.78, 5) is 14.5. The van der Waals surface area contributed by atoms with Crippen LogP contribution < -0.4 is 19.5 Å². The van der Waals surface area contributed by atoms with Crippen molar-refractivity contribution in [2.75, 3.05) is 32.8 Å². The standard InChI is InChI=1S/C23H28N2O4/c1-17-6-2-3-7-20(17)28-18-10-12-25(13-11-18)15-23(26)24-14-19-16-27-21-8-4-5-9-22(21)29-19/h2-9,18-19H,10-16H2,1H3,(H,24,26). The Balaban J connectivity index is 1.16. The Kier molecular flexibility index (Phi) is 6.20. The van der Waals surface area contributed by atoms with E-state index >= 15 is 0 Å². The maximum Gasteiger partial charge on any atom is 0.234 e. The summed E-state index contributed by atoms with van der Waals surface area (Å²) in [6, 6.07) is 15.7. The molecule has 0 radical (unpaired) electrons. The Labute approximate surface area is 171 Å². The largest absolute Gasteiger partial charge is 0.490 e. The lowest BCUT2D eigenvalue weighted by Gasteiger charge is -2.32. The van der Waals surface area contributed by atoms with Crippen molar-refractivity contribution in [2.45, 2.75) is 32.0 Å². The number of carbonyl (C=O) groups is 1. The van der Waals surface area contributed by atoms with Gasteiger partial charge >= 0.3 is 0 Å². The van der Waals surface area contributed by atoms with Crippen molar-refractivity contribution in [3.63, 3.8) is 0 Å². The van der Waals surface area contributed by atoms with Gasteiger partial charge in [-0.3, -0.25) is 9.69 Å². The molecule has 0 spiro atoms. The average molecular weight is 396 g/mol. The van der Waals surface area contributed by atoms with E-state index in [9.17, 15) is 4.79 Å². The number of nitrogens with one attached hydrogen (secondary N) is 1. The van der Waals surface area contributed by atoms with Crippen LogP contribution in [0.4, 0.5) is 0 Å². The van der Waals surface area contributed by atoms with Crippen molar-refractivity contribution in [1.82, 2.24) is 10.2 Å². The van der Waals surface area contributed by atoms with E-state index in [0.29, 0.717) is 19.7 Å². The second kappa shape index (κ2) is 9.18. The lowest BCUT2D eigenvalue weighted by Crippen LogP contribution is -2.46. The number of rotatable bonds is 6. The molecule has 1 saturated heterocycles. The third-order valence-electron chi connectivity index (χ3n) is 5.38. The molecule has 2 heterocycles. The molecule has 0 saturated carbocycles. The fourth-order valence-electron chi connectivity index (χ4n) is 3.70. The molecule has 2 aliphatic rings. The molecule has 1 amide bonds. The van der Waals surface area contributed by atoms with Crippen LogP contribution in [-0.4, -0.2) is 55.8 Å². The van der Waals surface area contributed by atoms with Crippen LogP contribution in [0.2, 0.25) is 0 Å². The van der Waals surface area contributed by atoms with Crippen molar-refractivity contribution >= 4 is 5.91 Å². The van der Waals surface area contributed by atoms with Gasteiger partial charge in [0.05, 0.1) is 13.1 Å². The number of hydrogen-bond acceptors (Lipinski definition) is 5. The number of benzene rings is 2. The topological polar surface area (TPSA) is 60.0 Å². The van der Waals surface area contributed by atoms with Crippen molar-refractivity contribution in [3.05, 3.63) is 54.1 Å². The summed E-state index contributed by atoms with van der Waals surface area (Å²) in [6.45, 7) is 5.08. The molecule has 29 heavy (non-hydrogen) atoms. The lowest BCUT2D eigenvalue weighted by molar-refractivity contribution is -0.123. The predicted octanol–water partition coefficient (Wildman–Crippen LogP) is 2.79. The van der Waals surface area contributed by atoms with Gasteiger partial charge in [-0.15, -0.1) is 0 Å². The summed E-state index contributed by atoms with van der Waals surface area (Å²) >= 11 is 0. The van der Waals surface area contributed by atoms with E-state index in [1.165, 1.54) is 0 Å². The second-order valence-electron chi connectivity index (χ2n) is 7.66. The van der Waals surface area contributed by atoms with Crippen LogP contribution in [0.25, 0.3) is 0 Å². The number of piperidine rings is 1. The van der Waals surface area contributed by atoms with Gasteiger partial charge < -0.3 is 19.5 Å². The highest BCUT2D eigenvalue weighted by atomic mass is 16.6. The predicted molar refractivity (Wildman–Crippen MR) is 111 cm³/mol. The van der Waals surface area contributed by atoms with Gasteiger partial charge in [0, 0.05) is 13.1 Å². The molecule has 2 aromatic rings. The molecule has 6 heteroatoms. The summed E-state index contributed by atoms with van der Waals surface area (Å²) in [6.07, 6.45) is 1.90. The summed E-state index contributed by atoms with van der Waals surface area (Å²) < 4.78 is 17.7. The molecule has 154 valence electrons. The summed E-state index contributed by atoms with van der Waals surface area (Å²) in [5.41, 5.74) is 1.16. The number of hydrogen-bond donors (Lipinski definition) is 1. The second-order valence-corrected chi connectivity index (χ2v) is 7.66. The van der Waals surface area contributed by atoms with Crippen LogP contribution in [0.15, 0.2) is 48.5 Å². The average Bonchev–Trinajstić information content (AvgIpc) is 2.75. The van der Waals surface area contributed by atoms with E-state index in [1.54, 1.807) is 0 Å². The number of aryl methyl sites for hydroxylation is 1. The van der Waals surface area contributed by atoms with Crippen LogP contribution in [0.5, 0.6) is 17.2 Å². The van der Waals surface area contributed by atoms with E-state index < -0.39 is 0 Å². The SMILES string of the molecule is Cc1ccccc1OC1CCN(CC(=O)NCC2COc3ccccc3O2)CC1. The third-order valence-corrected chi connectivity index (χ3v) is 5.38. The maximum atomic E-state index is 12.3. The number of carbonyl (C=O) groups excluding carboxylic acids is 1. The number of likely N-dealkylation sites (tertiary alicyclic amines) is 1. The summed E-state index contributed by atoms with van der Waals surface area (Å²) in [5.74, 6) is 2.46. The molecule has 1 fully saturated rings. The zero-order valence-electron chi connectivity index (χ0n) is 16.8. The van der Waals surface area contributed by atoms with Crippen molar-refractivity contribution in [3.8, 4) is 17.2 Å². The Morgan fingerprint density at radius 2 is 1.83 bits per heavy atom. The van der Waals surface area contributed by atoms with Gasteiger partial charge in [0.15, 0.2) is 11.5 Å². The van der Waals surface area contributed by atoms with Gasteiger partial charge in [0.25, 0.3) is 0 Å². The maximum absolute atomic E-state index is 12.3. The zero-order valence-corrected chi connectivity index (χ0v) is 16.8. The minimum Gasteiger partial charge on any atom is -0.490 e. The first-order valence-electron chi connectivity index (χ1n) is 10.3. The van der Waals surface area contributed by atoms with Crippen LogP contribution in [-0.2, 0) is 4.79 Å². The molecule has 0 aromatic heterocycles. The lowest BCUT2D eigenvalue weighted by atomic mass is 10.1. The Morgan fingerprint density at radius 1 is 1.10 bits per heavy atom. The van der Waals surface area contributed by atoms with Crippen LogP contribution in [0.3, 0.4) is 0 Å². The molecule has 1 N–H and O–H groups in total. The van der Waals surface area contributed by atoms with Crippen LogP contribution in [0.1, 0.15) is 18.4 Å². The number of nitrogens with zero attached hydrogens (tertiary/aromatic N) is 1. The molecule has 6 nitrogen and oxygen atoms in total. The summed E-state index contributed by atoms with van der Waals surface area (Å²) in [5, 5.41) is 2.97. The van der Waals surface area contributed by atoms with E-state index in [1.807, 2.05) is 42.5 Å². The fourth-order valence-corrected chi connectivity index (χ4v) is 3.70. The minimum absolute atomic E-state index is 0.0192. The third kappa shape index (κ3) is 5.21. The molecular weight excluding hydrogens is 368 g/mol. The molecule has 2 aromatic carbocycles. The van der Waals surface area contributed by atoms with E-state index in [-0.39, 0.29) is 18.1 Å².